The van der Waals surface area contributed by atoms with Gasteiger partial charge >= 0.3 is 5.97 Å². The van der Waals surface area contributed by atoms with Crippen LogP contribution < -0.4 is 10.9 Å². The van der Waals surface area contributed by atoms with Gasteiger partial charge in [-0.25, -0.2) is 0 Å². The predicted molar refractivity (Wildman–Crippen MR) is 77.4 cm³/mol. The van der Waals surface area contributed by atoms with Crippen LogP contribution in [0, 0.1) is 5.41 Å². The molecule has 0 unspecified atom stereocenters. The van der Waals surface area contributed by atoms with Gasteiger partial charge in [0.05, 0.1) is 11.8 Å². The van der Waals surface area contributed by atoms with E-state index in [0.717, 1.165) is 4.47 Å². The maximum absolute atomic E-state index is 12.0. The molecule has 0 aromatic carbocycles. The number of hydrogen-bond acceptors (Lipinski definition) is 3. The molecule has 0 aliphatic rings. The summed E-state index contributed by atoms with van der Waals surface area (Å²) in [5, 5.41) is 11.1. The van der Waals surface area contributed by atoms with E-state index in [-0.39, 0.29) is 31.0 Å². The number of pyridine rings is 1. The Kier molecular flexibility index (Phi) is 5.50. The number of carboxylic acid groups (broad SMARTS) is 1. The second kappa shape index (κ2) is 6.69. The van der Waals surface area contributed by atoms with Gasteiger partial charge in [0.2, 0.25) is 5.91 Å². The molecule has 1 amide bonds. The van der Waals surface area contributed by atoms with Crippen molar-refractivity contribution in [2.75, 3.05) is 6.54 Å². The lowest BCUT2D eigenvalue weighted by atomic mass is 9.92. The molecule has 0 spiro atoms. The summed E-state index contributed by atoms with van der Waals surface area (Å²) < 4.78 is 2.19. The molecule has 0 saturated heterocycles. The summed E-state index contributed by atoms with van der Waals surface area (Å²) in [6.45, 7) is 3.70. The van der Waals surface area contributed by atoms with Crippen LogP contribution in [0.5, 0.6) is 0 Å². The van der Waals surface area contributed by atoms with Crippen molar-refractivity contribution in [3.63, 3.8) is 0 Å². The average molecular weight is 345 g/mol. The summed E-state index contributed by atoms with van der Waals surface area (Å²) in [5.41, 5.74) is -1.01. The predicted octanol–water partition coefficient (Wildman–Crippen LogP) is 1.23. The Hall–Kier alpha value is -1.63. The molecule has 1 aromatic heterocycles. The fraction of sp³-hybridized carbons (Fsp3) is 0.462. The second-order valence-corrected chi connectivity index (χ2v) is 6.01. The molecule has 0 bridgehead atoms. The van der Waals surface area contributed by atoms with Crippen LogP contribution >= 0.6 is 15.9 Å². The Morgan fingerprint density at radius 3 is 2.65 bits per heavy atom. The van der Waals surface area contributed by atoms with Crippen molar-refractivity contribution in [1.29, 1.82) is 0 Å². The van der Waals surface area contributed by atoms with Crippen molar-refractivity contribution in [3.8, 4) is 0 Å². The average Bonchev–Trinajstić information content (AvgIpc) is 2.33. The lowest BCUT2D eigenvalue weighted by Gasteiger charge is -2.24. The zero-order valence-corrected chi connectivity index (χ0v) is 12.9. The molecule has 20 heavy (non-hydrogen) atoms. The smallest absolute Gasteiger partial charge is 0.305 e. The molecule has 0 fully saturated rings. The highest BCUT2D eigenvalue weighted by atomic mass is 79.9. The van der Waals surface area contributed by atoms with Gasteiger partial charge in [0.15, 0.2) is 0 Å². The molecular weight excluding hydrogens is 328 g/mol. The molecule has 2 N–H and O–H groups in total. The SMILES string of the molecule is CC(C)(Cn1cc(Br)ccc1=O)C(=O)NCCC(=O)O. The van der Waals surface area contributed by atoms with Crippen LogP contribution in [-0.2, 0) is 16.1 Å². The van der Waals surface area contributed by atoms with Crippen molar-refractivity contribution in [2.45, 2.75) is 26.8 Å². The van der Waals surface area contributed by atoms with Crippen LogP contribution in [0.15, 0.2) is 27.6 Å². The molecule has 0 radical (unpaired) electrons. The maximum Gasteiger partial charge on any atom is 0.305 e. The highest BCUT2D eigenvalue weighted by Gasteiger charge is 2.28. The number of carbonyl (C=O) groups excluding carboxylic acids is 1. The van der Waals surface area contributed by atoms with Gasteiger partial charge in [-0.15, -0.1) is 0 Å². The number of aliphatic carboxylic acids is 1. The van der Waals surface area contributed by atoms with Crippen LogP contribution in [-0.4, -0.2) is 28.1 Å². The Morgan fingerprint density at radius 1 is 1.40 bits per heavy atom. The van der Waals surface area contributed by atoms with E-state index in [9.17, 15) is 14.4 Å². The number of nitrogens with one attached hydrogen (secondary N) is 1. The molecule has 6 nitrogen and oxygen atoms in total. The topological polar surface area (TPSA) is 88.4 Å². The lowest BCUT2D eigenvalue weighted by molar-refractivity contribution is -0.137. The first-order valence-electron chi connectivity index (χ1n) is 6.08. The zero-order valence-electron chi connectivity index (χ0n) is 11.4. The third-order valence-electron chi connectivity index (χ3n) is 2.75. The molecule has 0 saturated carbocycles. The number of carboxylic acids is 1. The molecule has 110 valence electrons. The molecule has 1 rings (SSSR count). The normalized spacial score (nSPS) is 11.2. The number of amides is 1. The fourth-order valence-electron chi connectivity index (χ4n) is 1.65. The van der Waals surface area contributed by atoms with Crippen molar-refractivity contribution < 1.29 is 14.7 Å². The maximum atomic E-state index is 12.0. The van der Waals surface area contributed by atoms with Gasteiger partial charge in [0, 0.05) is 29.8 Å². The van der Waals surface area contributed by atoms with E-state index >= 15 is 0 Å². The van der Waals surface area contributed by atoms with Gasteiger partial charge in [-0.3, -0.25) is 14.4 Å². The number of hydrogen-bond donors (Lipinski definition) is 2. The van der Waals surface area contributed by atoms with Crippen LogP contribution in [0.25, 0.3) is 0 Å². The first kappa shape index (κ1) is 16.4. The molecule has 0 aliphatic carbocycles. The highest BCUT2D eigenvalue weighted by Crippen LogP contribution is 2.18. The number of carbonyl (C=O) groups is 2. The van der Waals surface area contributed by atoms with Gasteiger partial charge < -0.3 is 15.0 Å². The van der Waals surface area contributed by atoms with E-state index in [1.54, 1.807) is 26.1 Å². The monoisotopic (exact) mass is 344 g/mol. The summed E-state index contributed by atoms with van der Waals surface area (Å²) in [6, 6.07) is 3.06. The van der Waals surface area contributed by atoms with Crippen LogP contribution in [0.2, 0.25) is 0 Å². The summed E-state index contributed by atoms with van der Waals surface area (Å²) >= 11 is 3.27. The van der Waals surface area contributed by atoms with E-state index in [0.29, 0.717) is 0 Å². The zero-order chi connectivity index (χ0) is 15.3. The number of nitrogens with zero attached hydrogens (tertiary/aromatic N) is 1. The lowest BCUT2D eigenvalue weighted by Crippen LogP contribution is -2.42. The third-order valence-corrected chi connectivity index (χ3v) is 3.22. The molecule has 1 aromatic rings. The standard InChI is InChI=1S/C13H17BrN2O4/c1-13(2,12(20)15-6-5-11(18)19)8-16-7-9(14)3-4-10(16)17/h3-4,7H,5-6,8H2,1-2H3,(H,15,20)(H,18,19). The summed E-state index contributed by atoms with van der Waals surface area (Å²) in [6.07, 6.45) is 1.49. The Labute approximate surface area is 124 Å². The van der Waals surface area contributed by atoms with E-state index in [2.05, 4.69) is 21.2 Å². The fourth-order valence-corrected chi connectivity index (χ4v) is 2.02. The van der Waals surface area contributed by atoms with Gasteiger partial charge in [0.25, 0.3) is 5.56 Å². The molecule has 1 heterocycles. The van der Waals surface area contributed by atoms with E-state index in [1.165, 1.54) is 10.6 Å². The Balaban J connectivity index is 2.73. The van der Waals surface area contributed by atoms with Crippen molar-refractivity contribution in [1.82, 2.24) is 9.88 Å². The highest BCUT2D eigenvalue weighted by molar-refractivity contribution is 9.10. The van der Waals surface area contributed by atoms with Crippen molar-refractivity contribution in [2.24, 2.45) is 5.41 Å². The van der Waals surface area contributed by atoms with Gasteiger partial charge in [-0.2, -0.15) is 0 Å². The van der Waals surface area contributed by atoms with Crippen LogP contribution in [0.3, 0.4) is 0 Å². The summed E-state index contributed by atoms with van der Waals surface area (Å²) in [5.74, 6) is -1.25. The van der Waals surface area contributed by atoms with Gasteiger partial charge in [0.1, 0.15) is 0 Å². The summed E-state index contributed by atoms with van der Waals surface area (Å²) in [7, 11) is 0. The van der Waals surface area contributed by atoms with Gasteiger partial charge in [-0.05, 0) is 35.8 Å². The Bertz CT molecular complexity index is 566. The minimum absolute atomic E-state index is 0.0744. The molecule has 0 atom stereocenters. The molecular formula is C13H17BrN2O4. The largest absolute Gasteiger partial charge is 0.481 e. The number of aromatic nitrogens is 1. The first-order valence-corrected chi connectivity index (χ1v) is 6.88. The van der Waals surface area contributed by atoms with E-state index in [4.69, 9.17) is 5.11 Å². The minimum Gasteiger partial charge on any atom is -0.481 e. The van der Waals surface area contributed by atoms with E-state index in [1.807, 2.05) is 0 Å². The quantitative estimate of drug-likeness (QED) is 0.812. The van der Waals surface area contributed by atoms with Crippen LogP contribution in [0.1, 0.15) is 20.3 Å². The number of halogens is 1. The molecule has 7 heteroatoms. The van der Waals surface area contributed by atoms with Crippen molar-refractivity contribution in [3.05, 3.63) is 33.2 Å². The first-order chi connectivity index (χ1) is 9.22. The molecule has 0 aliphatic heterocycles. The number of rotatable bonds is 6. The van der Waals surface area contributed by atoms with E-state index < -0.39 is 11.4 Å². The Morgan fingerprint density at radius 2 is 2.05 bits per heavy atom. The minimum atomic E-state index is -0.966. The third kappa shape index (κ3) is 4.80. The van der Waals surface area contributed by atoms with Crippen LogP contribution in [0.4, 0.5) is 0 Å². The summed E-state index contributed by atoms with van der Waals surface area (Å²) in [4.78, 5) is 34.1. The van der Waals surface area contributed by atoms with Gasteiger partial charge in [-0.1, -0.05) is 0 Å². The second-order valence-electron chi connectivity index (χ2n) is 5.10. The van der Waals surface area contributed by atoms with Crippen molar-refractivity contribution >= 4 is 27.8 Å².